The third-order valence-electron chi connectivity index (χ3n) is 4.69. The molecule has 0 bridgehead atoms. The van der Waals surface area contributed by atoms with Crippen molar-refractivity contribution in [2.45, 2.75) is 26.3 Å². The SMILES string of the molecule is CCc1cc2c(=O)n(CC(=O)N3CCc4cc([N+](=O)[O-])ccc43)cnc2s1. The maximum atomic E-state index is 12.8. The molecule has 1 aliphatic heterocycles. The number of non-ortho nitro benzene ring substituents is 1. The van der Waals surface area contributed by atoms with E-state index in [-0.39, 0.29) is 23.7 Å². The van der Waals surface area contributed by atoms with Gasteiger partial charge in [-0.2, -0.15) is 0 Å². The number of hydrogen-bond donors (Lipinski definition) is 0. The minimum atomic E-state index is -0.448. The second kappa shape index (κ2) is 6.58. The molecule has 27 heavy (non-hydrogen) atoms. The van der Waals surface area contributed by atoms with Crippen molar-refractivity contribution in [3.8, 4) is 0 Å². The highest BCUT2D eigenvalue weighted by molar-refractivity contribution is 7.18. The van der Waals surface area contributed by atoms with E-state index in [4.69, 9.17) is 0 Å². The highest BCUT2D eigenvalue weighted by Crippen LogP contribution is 2.31. The Bertz CT molecular complexity index is 1130. The van der Waals surface area contributed by atoms with E-state index in [2.05, 4.69) is 4.98 Å². The van der Waals surface area contributed by atoms with Crippen molar-refractivity contribution in [3.63, 3.8) is 0 Å². The molecule has 9 heteroatoms. The summed E-state index contributed by atoms with van der Waals surface area (Å²) in [5, 5.41) is 11.4. The molecular formula is C18H16N4O4S. The fraction of sp³-hybridized carbons (Fsp3) is 0.278. The first-order valence-corrected chi connectivity index (χ1v) is 9.35. The number of carbonyl (C=O) groups is 1. The molecule has 0 saturated heterocycles. The van der Waals surface area contributed by atoms with Gasteiger partial charge in [0.25, 0.3) is 11.2 Å². The van der Waals surface area contributed by atoms with Gasteiger partial charge in [-0.3, -0.25) is 24.3 Å². The first-order valence-electron chi connectivity index (χ1n) is 8.53. The van der Waals surface area contributed by atoms with Gasteiger partial charge >= 0.3 is 0 Å². The lowest BCUT2D eigenvalue weighted by atomic mass is 10.1. The highest BCUT2D eigenvalue weighted by Gasteiger charge is 2.26. The summed E-state index contributed by atoms with van der Waals surface area (Å²) in [6.45, 7) is 2.34. The molecule has 0 N–H and O–H groups in total. The molecule has 0 atom stereocenters. The van der Waals surface area contributed by atoms with Crippen LogP contribution in [-0.4, -0.2) is 26.9 Å². The standard InChI is InChI=1S/C18H16N4O4S/c1-2-13-8-14-17(27-13)19-10-20(18(14)24)9-16(23)21-6-5-11-7-12(22(25)26)3-4-15(11)21/h3-4,7-8,10H,2,5-6,9H2,1H3. The van der Waals surface area contributed by atoms with Gasteiger partial charge < -0.3 is 4.90 Å². The maximum Gasteiger partial charge on any atom is 0.269 e. The summed E-state index contributed by atoms with van der Waals surface area (Å²) < 4.78 is 1.32. The van der Waals surface area contributed by atoms with Gasteiger partial charge in [-0.15, -0.1) is 11.3 Å². The fourth-order valence-corrected chi connectivity index (χ4v) is 4.21. The number of aryl methyl sites for hydroxylation is 1. The predicted octanol–water partition coefficient (Wildman–Crippen LogP) is 2.52. The number of fused-ring (bicyclic) bond motifs is 2. The number of hydrogen-bond acceptors (Lipinski definition) is 6. The number of benzene rings is 1. The third kappa shape index (κ3) is 2.99. The van der Waals surface area contributed by atoms with E-state index in [0.717, 1.165) is 16.9 Å². The lowest BCUT2D eigenvalue weighted by molar-refractivity contribution is -0.384. The second-order valence-electron chi connectivity index (χ2n) is 6.33. The van der Waals surface area contributed by atoms with Crippen LogP contribution in [-0.2, 0) is 24.2 Å². The molecule has 0 unspecified atom stereocenters. The zero-order valence-electron chi connectivity index (χ0n) is 14.5. The van der Waals surface area contributed by atoms with Crippen LogP contribution in [0.3, 0.4) is 0 Å². The lowest BCUT2D eigenvalue weighted by Gasteiger charge is -2.17. The Hall–Kier alpha value is -3.07. The summed E-state index contributed by atoms with van der Waals surface area (Å²) in [6, 6.07) is 6.32. The molecule has 3 heterocycles. The average Bonchev–Trinajstić information content (AvgIpc) is 3.27. The Morgan fingerprint density at radius 2 is 2.19 bits per heavy atom. The van der Waals surface area contributed by atoms with Crippen molar-refractivity contribution in [1.29, 1.82) is 0 Å². The molecule has 138 valence electrons. The number of amides is 1. The van der Waals surface area contributed by atoms with Gasteiger partial charge in [-0.25, -0.2) is 4.98 Å². The number of aromatic nitrogens is 2. The topological polar surface area (TPSA) is 98.3 Å². The van der Waals surface area contributed by atoms with Crippen LogP contribution in [0.1, 0.15) is 17.4 Å². The summed E-state index contributed by atoms with van der Waals surface area (Å²) in [4.78, 5) is 43.5. The zero-order chi connectivity index (χ0) is 19.1. The number of thiophene rings is 1. The summed E-state index contributed by atoms with van der Waals surface area (Å²) >= 11 is 1.48. The molecule has 1 amide bonds. The van der Waals surface area contributed by atoms with E-state index in [1.54, 1.807) is 11.0 Å². The van der Waals surface area contributed by atoms with Gasteiger partial charge in [0.15, 0.2) is 0 Å². The number of nitro benzene ring substituents is 1. The Labute approximate surface area is 157 Å². The molecule has 3 aromatic rings. The van der Waals surface area contributed by atoms with Gasteiger partial charge in [0.1, 0.15) is 11.4 Å². The molecule has 1 aromatic carbocycles. The maximum absolute atomic E-state index is 12.8. The quantitative estimate of drug-likeness (QED) is 0.508. The molecule has 2 aromatic heterocycles. The van der Waals surface area contributed by atoms with Crippen molar-refractivity contribution in [2.75, 3.05) is 11.4 Å². The van der Waals surface area contributed by atoms with Crippen LogP contribution in [0, 0.1) is 10.1 Å². The Morgan fingerprint density at radius 1 is 1.37 bits per heavy atom. The minimum absolute atomic E-state index is 0.0121. The Morgan fingerprint density at radius 3 is 2.93 bits per heavy atom. The average molecular weight is 384 g/mol. The van der Waals surface area contributed by atoms with Gasteiger partial charge in [0, 0.05) is 29.2 Å². The normalized spacial score (nSPS) is 13.1. The summed E-state index contributed by atoms with van der Waals surface area (Å²) in [7, 11) is 0. The van der Waals surface area contributed by atoms with Gasteiger partial charge in [0.05, 0.1) is 16.6 Å². The molecule has 0 radical (unpaired) electrons. The van der Waals surface area contributed by atoms with E-state index in [1.165, 1.54) is 34.4 Å². The van der Waals surface area contributed by atoms with Crippen molar-refractivity contribution in [1.82, 2.24) is 9.55 Å². The van der Waals surface area contributed by atoms with Crippen LogP contribution in [0.5, 0.6) is 0 Å². The lowest BCUT2D eigenvalue weighted by Crippen LogP contribution is -2.35. The van der Waals surface area contributed by atoms with E-state index in [1.807, 2.05) is 13.0 Å². The zero-order valence-corrected chi connectivity index (χ0v) is 15.4. The largest absolute Gasteiger partial charge is 0.310 e. The molecule has 0 aliphatic carbocycles. The predicted molar refractivity (Wildman–Crippen MR) is 102 cm³/mol. The molecule has 0 spiro atoms. The van der Waals surface area contributed by atoms with E-state index >= 15 is 0 Å². The van der Waals surface area contributed by atoms with Crippen molar-refractivity contribution in [2.24, 2.45) is 0 Å². The minimum Gasteiger partial charge on any atom is -0.310 e. The summed E-state index contributed by atoms with van der Waals surface area (Å²) in [5.74, 6) is -0.239. The monoisotopic (exact) mass is 384 g/mol. The molecule has 1 aliphatic rings. The highest BCUT2D eigenvalue weighted by atomic mass is 32.1. The van der Waals surface area contributed by atoms with Gasteiger partial charge in [-0.1, -0.05) is 6.92 Å². The number of carbonyl (C=O) groups excluding carboxylic acids is 1. The van der Waals surface area contributed by atoms with E-state index in [9.17, 15) is 19.7 Å². The molecule has 0 fully saturated rings. The van der Waals surface area contributed by atoms with Crippen molar-refractivity contribution < 1.29 is 9.72 Å². The van der Waals surface area contributed by atoms with Crippen LogP contribution in [0.15, 0.2) is 35.4 Å². The molecular weight excluding hydrogens is 368 g/mol. The third-order valence-corrected chi connectivity index (χ3v) is 5.88. The number of nitro groups is 1. The van der Waals surface area contributed by atoms with Gasteiger partial charge in [-0.05, 0) is 30.5 Å². The van der Waals surface area contributed by atoms with Crippen LogP contribution in [0.2, 0.25) is 0 Å². The smallest absolute Gasteiger partial charge is 0.269 e. The van der Waals surface area contributed by atoms with Crippen LogP contribution in [0.4, 0.5) is 11.4 Å². The van der Waals surface area contributed by atoms with Crippen LogP contribution in [0.25, 0.3) is 10.2 Å². The Balaban J connectivity index is 1.61. The Kier molecular flexibility index (Phi) is 4.23. The van der Waals surface area contributed by atoms with Crippen LogP contribution < -0.4 is 10.5 Å². The van der Waals surface area contributed by atoms with Gasteiger partial charge in [0.2, 0.25) is 5.91 Å². The van der Waals surface area contributed by atoms with E-state index in [0.29, 0.717) is 28.9 Å². The van der Waals surface area contributed by atoms with Crippen molar-refractivity contribution in [3.05, 3.63) is 61.5 Å². The molecule has 4 rings (SSSR count). The van der Waals surface area contributed by atoms with Crippen molar-refractivity contribution >= 4 is 38.8 Å². The van der Waals surface area contributed by atoms with E-state index < -0.39 is 4.92 Å². The molecule has 8 nitrogen and oxygen atoms in total. The first-order chi connectivity index (χ1) is 13.0. The summed E-state index contributed by atoms with van der Waals surface area (Å²) in [6.07, 6.45) is 2.79. The number of nitrogens with zero attached hydrogens (tertiary/aromatic N) is 4. The fourth-order valence-electron chi connectivity index (χ4n) is 3.29. The number of anilines is 1. The van der Waals surface area contributed by atoms with Crippen LogP contribution >= 0.6 is 11.3 Å². The summed E-state index contributed by atoms with van der Waals surface area (Å²) in [5.41, 5.74) is 1.21. The number of rotatable bonds is 4. The molecule has 0 saturated carbocycles. The first kappa shape index (κ1) is 17.3. The second-order valence-corrected chi connectivity index (χ2v) is 7.44.